The molecule has 1 saturated heterocycles. The molecule has 0 spiro atoms. The van der Waals surface area contributed by atoms with Crippen LogP contribution in [0, 0.1) is 5.92 Å². The molecule has 2 heterocycles. The van der Waals surface area contributed by atoms with Crippen molar-refractivity contribution in [3.8, 4) is 5.88 Å². The van der Waals surface area contributed by atoms with Gasteiger partial charge in [-0.2, -0.15) is 4.98 Å². The van der Waals surface area contributed by atoms with Gasteiger partial charge in [0.25, 0.3) is 0 Å². The van der Waals surface area contributed by atoms with Crippen molar-refractivity contribution in [2.24, 2.45) is 5.92 Å². The van der Waals surface area contributed by atoms with Crippen molar-refractivity contribution >= 4 is 11.5 Å². The third-order valence-electron chi connectivity index (χ3n) is 3.25. The van der Waals surface area contributed by atoms with Crippen LogP contribution in [0.3, 0.4) is 0 Å². The average Bonchev–Trinajstić information content (AvgIpc) is 2.78. The number of rotatable bonds is 3. The predicted molar refractivity (Wildman–Crippen MR) is 65.8 cm³/mol. The minimum absolute atomic E-state index is 0.629. The monoisotopic (exact) mass is 221 g/mol. The van der Waals surface area contributed by atoms with Gasteiger partial charge in [-0.3, -0.25) is 0 Å². The lowest BCUT2D eigenvalue weighted by molar-refractivity contribution is 0.398. The molecule has 2 rings (SSSR count). The summed E-state index contributed by atoms with van der Waals surface area (Å²) in [7, 11) is 1.63. The summed E-state index contributed by atoms with van der Waals surface area (Å²) in [5.41, 5.74) is 6.68. The Morgan fingerprint density at radius 1 is 1.56 bits per heavy atom. The molecule has 4 nitrogen and oxygen atoms in total. The second-order valence-corrected chi connectivity index (χ2v) is 4.28. The van der Waals surface area contributed by atoms with E-state index in [0.29, 0.717) is 5.88 Å². The number of aromatic nitrogens is 1. The Kier molecular flexibility index (Phi) is 3.17. The van der Waals surface area contributed by atoms with Crippen molar-refractivity contribution in [1.29, 1.82) is 0 Å². The minimum Gasteiger partial charge on any atom is -0.481 e. The molecule has 0 bridgehead atoms. The quantitative estimate of drug-likeness (QED) is 0.847. The summed E-state index contributed by atoms with van der Waals surface area (Å²) in [5, 5.41) is 0. The fraction of sp³-hybridized carbons (Fsp3) is 0.583. The molecule has 0 saturated carbocycles. The molecule has 2 N–H and O–H groups in total. The molecule has 16 heavy (non-hydrogen) atoms. The van der Waals surface area contributed by atoms with Crippen molar-refractivity contribution in [3.63, 3.8) is 0 Å². The van der Waals surface area contributed by atoms with Crippen LogP contribution in [0.1, 0.15) is 19.8 Å². The zero-order chi connectivity index (χ0) is 11.5. The highest BCUT2D eigenvalue weighted by molar-refractivity contribution is 5.64. The van der Waals surface area contributed by atoms with Gasteiger partial charge in [-0.1, -0.05) is 13.3 Å². The van der Waals surface area contributed by atoms with Crippen LogP contribution in [0.25, 0.3) is 0 Å². The van der Waals surface area contributed by atoms with Crippen LogP contribution in [0.4, 0.5) is 11.5 Å². The second kappa shape index (κ2) is 4.60. The van der Waals surface area contributed by atoms with Gasteiger partial charge in [-0.25, -0.2) is 0 Å². The van der Waals surface area contributed by atoms with Crippen molar-refractivity contribution in [3.05, 3.63) is 12.1 Å². The maximum atomic E-state index is 5.95. The first-order chi connectivity index (χ1) is 7.74. The summed E-state index contributed by atoms with van der Waals surface area (Å²) >= 11 is 0. The van der Waals surface area contributed by atoms with Gasteiger partial charge in [0, 0.05) is 19.2 Å². The third kappa shape index (κ3) is 2.05. The molecule has 1 fully saturated rings. The number of anilines is 2. The zero-order valence-corrected chi connectivity index (χ0v) is 9.94. The molecule has 0 amide bonds. The number of pyridine rings is 1. The fourth-order valence-electron chi connectivity index (χ4n) is 2.17. The van der Waals surface area contributed by atoms with E-state index in [9.17, 15) is 0 Å². The summed E-state index contributed by atoms with van der Waals surface area (Å²) < 4.78 is 5.13. The Hall–Kier alpha value is -1.45. The Balaban J connectivity index is 2.20. The molecule has 4 heteroatoms. The molecular formula is C12H19N3O. The normalized spacial score (nSPS) is 20.1. The van der Waals surface area contributed by atoms with Crippen LogP contribution in [0.5, 0.6) is 5.88 Å². The second-order valence-electron chi connectivity index (χ2n) is 4.28. The summed E-state index contributed by atoms with van der Waals surface area (Å²) in [5.74, 6) is 2.27. The van der Waals surface area contributed by atoms with Gasteiger partial charge >= 0.3 is 0 Å². The predicted octanol–water partition coefficient (Wildman–Crippen LogP) is 1.91. The highest BCUT2D eigenvalue weighted by Crippen LogP contribution is 2.29. The lowest BCUT2D eigenvalue weighted by Crippen LogP contribution is -2.22. The molecule has 0 aliphatic carbocycles. The van der Waals surface area contributed by atoms with E-state index in [1.807, 2.05) is 6.07 Å². The Morgan fingerprint density at radius 3 is 3.00 bits per heavy atom. The third-order valence-corrected chi connectivity index (χ3v) is 3.25. The highest BCUT2D eigenvalue weighted by Gasteiger charge is 2.23. The summed E-state index contributed by atoms with van der Waals surface area (Å²) in [6.07, 6.45) is 2.45. The molecule has 1 aromatic rings. The van der Waals surface area contributed by atoms with Crippen molar-refractivity contribution in [2.45, 2.75) is 19.8 Å². The standard InChI is InChI=1S/C12H19N3O/c1-3-9-6-7-15(8-9)12-10(13)4-5-11(14-12)16-2/h4-5,9H,3,6-8,13H2,1-2H3. The van der Waals surface area contributed by atoms with E-state index in [0.717, 1.165) is 30.5 Å². The largest absolute Gasteiger partial charge is 0.481 e. The van der Waals surface area contributed by atoms with Gasteiger partial charge in [0.15, 0.2) is 5.82 Å². The first-order valence-corrected chi connectivity index (χ1v) is 5.80. The molecule has 1 unspecified atom stereocenters. The summed E-state index contributed by atoms with van der Waals surface area (Å²) in [4.78, 5) is 6.68. The maximum Gasteiger partial charge on any atom is 0.215 e. The van der Waals surface area contributed by atoms with E-state index in [1.54, 1.807) is 13.2 Å². The van der Waals surface area contributed by atoms with Crippen LogP contribution in [0.2, 0.25) is 0 Å². The lowest BCUT2D eigenvalue weighted by Gasteiger charge is -2.19. The number of nitrogens with two attached hydrogens (primary N) is 1. The lowest BCUT2D eigenvalue weighted by atomic mass is 10.1. The topological polar surface area (TPSA) is 51.4 Å². The van der Waals surface area contributed by atoms with Gasteiger partial charge in [0.1, 0.15) is 0 Å². The van der Waals surface area contributed by atoms with E-state index in [2.05, 4.69) is 16.8 Å². The van der Waals surface area contributed by atoms with Crippen molar-refractivity contribution < 1.29 is 4.74 Å². The van der Waals surface area contributed by atoms with Crippen LogP contribution < -0.4 is 15.4 Å². The average molecular weight is 221 g/mol. The van der Waals surface area contributed by atoms with Gasteiger partial charge in [0.05, 0.1) is 12.8 Å². The first kappa shape index (κ1) is 11.0. The summed E-state index contributed by atoms with van der Waals surface area (Å²) in [6.45, 7) is 4.33. The SMILES string of the molecule is CCC1CCN(c2nc(OC)ccc2N)C1. The molecule has 1 aliphatic heterocycles. The number of hydrogen-bond donors (Lipinski definition) is 1. The van der Waals surface area contributed by atoms with Crippen molar-refractivity contribution in [1.82, 2.24) is 4.98 Å². The van der Waals surface area contributed by atoms with Crippen LogP contribution in [0.15, 0.2) is 12.1 Å². The molecule has 88 valence electrons. The number of hydrogen-bond acceptors (Lipinski definition) is 4. The van der Waals surface area contributed by atoms with Crippen LogP contribution in [-0.4, -0.2) is 25.2 Å². The fourth-order valence-corrected chi connectivity index (χ4v) is 2.17. The number of ether oxygens (including phenoxy) is 1. The van der Waals surface area contributed by atoms with Gasteiger partial charge in [-0.15, -0.1) is 0 Å². The Labute approximate surface area is 96.4 Å². The van der Waals surface area contributed by atoms with Gasteiger partial charge in [-0.05, 0) is 18.4 Å². The van der Waals surface area contributed by atoms with Gasteiger partial charge in [0.2, 0.25) is 5.88 Å². The van der Waals surface area contributed by atoms with Crippen LogP contribution in [-0.2, 0) is 0 Å². The van der Waals surface area contributed by atoms with E-state index < -0.39 is 0 Å². The number of nitrogen functional groups attached to an aromatic ring is 1. The van der Waals surface area contributed by atoms with E-state index >= 15 is 0 Å². The van der Waals surface area contributed by atoms with Crippen molar-refractivity contribution in [2.75, 3.05) is 30.8 Å². The molecular weight excluding hydrogens is 202 g/mol. The maximum absolute atomic E-state index is 5.95. The minimum atomic E-state index is 0.629. The Bertz CT molecular complexity index is 367. The molecule has 1 aromatic heterocycles. The molecule has 1 aliphatic rings. The highest BCUT2D eigenvalue weighted by atomic mass is 16.5. The van der Waals surface area contributed by atoms with Gasteiger partial charge < -0.3 is 15.4 Å². The Morgan fingerprint density at radius 2 is 2.38 bits per heavy atom. The number of methoxy groups -OCH3 is 1. The zero-order valence-electron chi connectivity index (χ0n) is 9.94. The van der Waals surface area contributed by atoms with E-state index in [4.69, 9.17) is 10.5 Å². The molecule has 0 aromatic carbocycles. The molecule has 1 atom stereocenters. The van der Waals surface area contributed by atoms with E-state index in [1.165, 1.54) is 12.8 Å². The van der Waals surface area contributed by atoms with E-state index in [-0.39, 0.29) is 0 Å². The first-order valence-electron chi connectivity index (χ1n) is 5.80. The molecule has 0 radical (unpaired) electrons. The van der Waals surface area contributed by atoms with Crippen LogP contribution >= 0.6 is 0 Å². The smallest absolute Gasteiger partial charge is 0.215 e. The number of nitrogens with zero attached hydrogens (tertiary/aromatic N) is 2. The summed E-state index contributed by atoms with van der Waals surface area (Å²) in [6, 6.07) is 3.66.